The molecule has 1 aliphatic heterocycles. The van der Waals surface area contributed by atoms with Crippen LogP contribution in [-0.2, 0) is 19.1 Å². The number of allylic oxidation sites excluding steroid dienone is 2. The monoisotopic (exact) mass is 330 g/mol. The Morgan fingerprint density at radius 3 is 2.67 bits per heavy atom. The maximum Gasteiger partial charge on any atom is 0.312 e. The summed E-state index contributed by atoms with van der Waals surface area (Å²) < 4.78 is 10.9. The summed E-state index contributed by atoms with van der Waals surface area (Å²) in [5.74, 6) is 4.15. The number of carbonyl (C=O) groups excluding carboxylic acids is 2. The van der Waals surface area contributed by atoms with Crippen LogP contribution in [0.25, 0.3) is 0 Å². The van der Waals surface area contributed by atoms with Crippen molar-refractivity contribution in [3.8, 4) is 0 Å². The molecule has 4 nitrogen and oxygen atoms in total. The van der Waals surface area contributed by atoms with Gasteiger partial charge in [0.15, 0.2) is 0 Å². The van der Waals surface area contributed by atoms with Gasteiger partial charge in [0.1, 0.15) is 12.7 Å². The van der Waals surface area contributed by atoms with Crippen molar-refractivity contribution in [2.24, 2.45) is 46.8 Å². The van der Waals surface area contributed by atoms with E-state index in [0.717, 1.165) is 30.1 Å². The van der Waals surface area contributed by atoms with Gasteiger partial charge >= 0.3 is 11.9 Å². The van der Waals surface area contributed by atoms with E-state index in [1.54, 1.807) is 0 Å². The van der Waals surface area contributed by atoms with Gasteiger partial charge in [-0.15, -0.1) is 0 Å². The third-order valence-corrected chi connectivity index (χ3v) is 7.55. The largest absolute Gasteiger partial charge is 0.462 e. The fourth-order valence-corrected chi connectivity index (χ4v) is 6.67. The Bertz CT molecular complexity index is 621. The van der Waals surface area contributed by atoms with Gasteiger partial charge in [-0.3, -0.25) is 9.59 Å². The predicted molar refractivity (Wildman–Crippen MR) is 86.7 cm³/mol. The van der Waals surface area contributed by atoms with Gasteiger partial charge in [0.2, 0.25) is 0 Å². The highest BCUT2D eigenvalue weighted by Gasteiger charge is 2.62. The molecule has 0 aromatic carbocycles. The topological polar surface area (TPSA) is 52.6 Å². The highest BCUT2D eigenvalue weighted by Crippen LogP contribution is 2.67. The Morgan fingerprint density at radius 2 is 1.96 bits per heavy atom. The lowest BCUT2D eigenvalue weighted by atomic mass is 9.69. The quantitative estimate of drug-likeness (QED) is 0.453. The molecular formula is C20H26O4. The maximum absolute atomic E-state index is 12.6. The van der Waals surface area contributed by atoms with Gasteiger partial charge in [0.05, 0.1) is 11.3 Å². The zero-order chi connectivity index (χ0) is 16.6. The summed E-state index contributed by atoms with van der Waals surface area (Å²) in [6, 6.07) is 0. The standard InChI is InChI=1S/C20H26O4/c1-20(2)8-13(24-19(20)22)9-23-18(21)15-7-12-6-14(15)17-11-4-3-10(5-11)16(12)17/h3-4,10-17H,5-9H2,1-2H3. The summed E-state index contributed by atoms with van der Waals surface area (Å²) >= 11 is 0. The van der Waals surface area contributed by atoms with Crippen molar-refractivity contribution in [1.29, 1.82) is 0 Å². The van der Waals surface area contributed by atoms with Gasteiger partial charge < -0.3 is 9.47 Å². The SMILES string of the molecule is CC1(C)CC(COC(=O)C2CC3CC2C2C4C=CC(C4)C32)OC1=O. The Morgan fingerprint density at radius 1 is 1.21 bits per heavy atom. The van der Waals surface area contributed by atoms with Crippen molar-refractivity contribution in [3.63, 3.8) is 0 Å². The number of rotatable bonds is 3. The van der Waals surface area contributed by atoms with Crippen LogP contribution in [0.4, 0.5) is 0 Å². The van der Waals surface area contributed by atoms with Crippen LogP contribution < -0.4 is 0 Å². The minimum atomic E-state index is -0.452. The maximum atomic E-state index is 12.6. The molecule has 4 bridgehead atoms. The molecule has 8 atom stereocenters. The highest BCUT2D eigenvalue weighted by atomic mass is 16.6. The lowest BCUT2D eigenvalue weighted by Crippen LogP contribution is -2.36. The number of ether oxygens (including phenoxy) is 2. The average Bonchev–Trinajstić information content (AvgIpc) is 3.30. The molecule has 3 saturated carbocycles. The minimum Gasteiger partial charge on any atom is -0.462 e. The van der Waals surface area contributed by atoms with Gasteiger partial charge in [-0.2, -0.15) is 0 Å². The Labute approximate surface area is 143 Å². The molecule has 4 aliphatic carbocycles. The summed E-state index contributed by atoms with van der Waals surface area (Å²) in [6.07, 6.45) is 8.73. The first-order valence-electron chi connectivity index (χ1n) is 9.50. The molecule has 0 amide bonds. The zero-order valence-electron chi connectivity index (χ0n) is 14.4. The van der Waals surface area contributed by atoms with Crippen LogP contribution in [0.15, 0.2) is 12.2 Å². The van der Waals surface area contributed by atoms with E-state index in [1.807, 2.05) is 13.8 Å². The molecule has 0 aromatic rings. The molecule has 0 N–H and O–H groups in total. The summed E-state index contributed by atoms with van der Waals surface area (Å²) in [4.78, 5) is 24.4. The van der Waals surface area contributed by atoms with E-state index in [0.29, 0.717) is 18.3 Å². The van der Waals surface area contributed by atoms with Crippen molar-refractivity contribution in [1.82, 2.24) is 0 Å². The van der Waals surface area contributed by atoms with Crippen LogP contribution in [0.5, 0.6) is 0 Å². The van der Waals surface area contributed by atoms with Crippen LogP contribution in [0.2, 0.25) is 0 Å². The van der Waals surface area contributed by atoms with E-state index in [1.165, 1.54) is 12.8 Å². The molecule has 4 heteroatoms. The summed E-state index contributed by atoms with van der Waals surface area (Å²) in [5.41, 5.74) is -0.452. The van der Waals surface area contributed by atoms with Crippen molar-refractivity contribution in [3.05, 3.63) is 12.2 Å². The highest BCUT2D eigenvalue weighted by molar-refractivity contribution is 5.78. The van der Waals surface area contributed by atoms with E-state index in [-0.39, 0.29) is 30.6 Å². The summed E-state index contributed by atoms with van der Waals surface area (Å²) in [5, 5.41) is 0. The van der Waals surface area contributed by atoms with Gasteiger partial charge in [0.25, 0.3) is 0 Å². The number of hydrogen-bond donors (Lipinski definition) is 0. The van der Waals surface area contributed by atoms with Gasteiger partial charge in [-0.25, -0.2) is 0 Å². The van der Waals surface area contributed by atoms with Crippen LogP contribution in [0, 0.1) is 46.8 Å². The van der Waals surface area contributed by atoms with Crippen LogP contribution in [-0.4, -0.2) is 24.6 Å². The molecule has 0 spiro atoms. The second-order valence-electron chi connectivity index (χ2n) is 9.35. The number of hydrogen-bond acceptors (Lipinski definition) is 4. The molecular weight excluding hydrogens is 304 g/mol. The van der Waals surface area contributed by atoms with E-state index in [2.05, 4.69) is 12.2 Å². The first-order valence-corrected chi connectivity index (χ1v) is 9.50. The van der Waals surface area contributed by atoms with Gasteiger partial charge in [0, 0.05) is 6.42 Å². The lowest BCUT2D eigenvalue weighted by Gasteiger charge is -2.35. The second kappa shape index (κ2) is 4.86. The number of carbonyl (C=O) groups is 2. The Balaban J connectivity index is 1.21. The Kier molecular flexibility index (Phi) is 3.03. The molecule has 24 heavy (non-hydrogen) atoms. The normalized spacial score (nSPS) is 49.5. The summed E-state index contributed by atoms with van der Waals surface area (Å²) in [6.45, 7) is 3.99. The molecule has 5 aliphatic rings. The fraction of sp³-hybridized carbons (Fsp3) is 0.800. The Hall–Kier alpha value is -1.32. The van der Waals surface area contributed by atoms with Crippen molar-refractivity contribution in [2.75, 3.05) is 6.61 Å². The molecule has 5 rings (SSSR count). The molecule has 0 radical (unpaired) electrons. The first kappa shape index (κ1) is 15.0. The zero-order valence-corrected chi connectivity index (χ0v) is 14.4. The van der Waals surface area contributed by atoms with Crippen molar-refractivity contribution < 1.29 is 19.1 Å². The van der Waals surface area contributed by atoms with Gasteiger partial charge in [-0.1, -0.05) is 12.2 Å². The van der Waals surface area contributed by atoms with E-state index in [9.17, 15) is 9.59 Å². The summed E-state index contributed by atoms with van der Waals surface area (Å²) in [7, 11) is 0. The molecule has 1 saturated heterocycles. The van der Waals surface area contributed by atoms with E-state index < -0.39 is 5.41 Å². The van der Waals surface area contributed by atoms with E-state index in [4.69, 9.17) is 9.47 Å². The molecule has 130 valence electrons. The third kappa shape index (κ3) is 1.98. The average molecular weight is 330 g/mol. The van der Waals surface area contributed by atoms with Crippen LogP contribution in [0.3, 0.4) is 0 Å². The molecule has 4 fully saturated rings. The van der Waals surface area contributed by atoms with Gasteiger partial charge in [-0.05, 0) is 68.6 Å². The minimum absolute atomic E-state index is 0.0477. The molecule has 8 unspecified atom stereocenters. The van der Waals surface area contributed by atoms with Crippen molar-refractivity contribution in [2.45, 2.75) is 45.6 Å². The van der Waals surface area contributed by atoms with Crippen LogP contribution >= 0.6 is 0 Å². The third-order valence-electron chi connectivity index (χ3n) is 7.55. The lowest BCUT2D eigenvalue weighted by molar-refractivity contribution is -0.159. The number of cyclic esters (lactones) is 1. The van der Waals surface area contributed by atoms with Crippen LogP contribution in [0.1, 0.15) is 39.5 Å². The first-order chi connectivity index (χ1) is 11.4. The number of esters is 2. The fourth-order valence-electron chi connectivity index (χ4n) is 6.67. The smallest absolute Gasteiger partial charge is 0.312 e. The van der Waals surface area contributed by atoms with Crippen molar-refractivity contribution >= 4 is 11.9 Å². The number of fused-ring (bicyclic) bond motifs is 9. The van der Waals surface area contributed by atoms with E-state index >= 15 is 0 Å². The second-order valence-corrected chi connectivity index (χ2v) is 9.35. The predicted octanol–water partition coefficient (Wildman–Crippen LogP) is 2.97. The molecule has 0 aromatic heterocycles. The molecule has 1 heterocycles.